The van der Waals surface area contributed by atoms with Gasteiger partial charge in [-0.3, -0.25) is 4.79 Å². The van der Waals surface area contributed by atoms with Gasteiger partial charge in [-0.05, 0) is 36.9 Å². The largest absolute Gasteiger partial charge is 0.480 e. The first-order valence-corrected chi connectivity index (χ1v) is 6.15. The maximum absolute atomic E-state index is 10.8. The summed E-state index contributed by atoms with van der Waals surface area (Å²) in [5, 5.41) is 11.9. The molecule has 2 N–H and O–H groups in total. The lowest BCUT2D eigenvalue weighted by Gasteiger charge is -2.09. The second-order valence-electron chi connectivity index (χ2n) is 4.20. The summed E-state index contributed by atoms with van der Waals surface area (Å²) in [6.45, 7) is 0.790. The molecule has 2 atom stereocenters. The number of rotatable bonds is 3. The molecule has 17 heavy (non-hydrogen) atoms. The molecule has 0 aliphatic carbocycles. The summed E-state index contributed by atoms with van der Waals surface area (Å²) >= 11 is 3.51. The van der Waals surface area contributed by atoms with Gasteiger partial charge < -0.3 is 10.4 Å². The Kier molecular flexibility index (Phi) is 5.43. The van der Waals surface area contributed by atoms with Gasteiger partial charge in [-0.15, -0.1) is 12.4 Å². The maximum Gasteiger partial charge on any atom is 0.320 e. The summed E-state index contributed by atoms with van der Waals surface area (Å²) in [7, 11) is 0. The Morgan fingerprint density at radius 1 is 1.47 bits per heavy atom. The first kappa shape index (κ1) is 14.5. The zero-order valence-corrected chi connectivity index (χ0v) is 11.6. The highest BCUT2D eigenvalue weighted by Crippen LogP contribution is 2.24. The molecule has 2 rings (SSSR count). The Labute approximate surface area is 115 Å². The van der Waals surface area contributed by atoms with Gasteiger partial charge >= 0.3 is 5.97 Å². The molecule has 0 unspecified atom stereocenters. The molecule has 94 valence electrons. The van der Waals surface area contributed by atoms with E-state index in [9.17, 15) is 4.79 Å². The van der Waals surface area contributed by atoms with Crippen LogP contribution in [0.5, 0.6) is 0 Å². The van der Waals surface area contributed by atoms with Crippen LogP contribution in [0.15, 0.2) is 28.7 Å². The van der Waals surface area contributed by atoms with Crippen molar-refractivity contribution in [2.75, 3.05) is 6.54 Å². The fourth-order valence-corrected chi connectivity index (χ4v) is 2.57. The van der Waals surface area contributed by atoms with E-state index < -0.39 is 5.97 Å². The second-order valence-corrected chi connectivity index (χ2v) is 5.05. The fourth-order valence-electron chi connectivity index (χ4n) is 2.13. The van der Waals surface area contributed by atoms with Crippen molar-refractivity contribution in [3.8, 4) is 0 Å². The van der Waals surface area contributed by atoms with E-state index in [1.54, 1.807) is 0 Å². The van der Waals surface area contributed by atoms with Crippen LogP contribution in [-0.4, -0.2) is 23.7 Å². The Hall–Kier alpha value is -0.580. The van der Waals surface area contributed by atoms with E-state index in [2.05, 4.69) is 27.3 Å². The van der Waals surface area contributed by atoms with Gasteiger partial charge in [0.15, 0.2) is 0 Å². The van der Waals surface area contributed by atoms with Gasteiger partial charge in [0.2, 0.25) is 0 Å². The molecule has 0 spiro atoms. The highest BCUT2D eigenvalue weighted by molar-refractivity contribution is 9.10. The molecule has 1 aliphatic heterocycles. The summed E-state index contributed by atoms with van der Waals surface area (Å²) in [5.74, 6) is -0.325. The van der Waals surface area contributed by atoms with E-state index in [-0.39, 0.29) is 18.4 Å². The Morgan fingerprint density at radius 3 is 2.76 bits per heavy atom. The second kappa shape index (κ2) is 6.38. The van der Waals surface area contributed by atoms with E-state index in [0.717, 1.165) is 23.9 Å². The van der Waals surface area contributed by atoms with Crippen molar-refractivity contribution in [1.82, 2.24) is 5.32 Å². The van der Waals surface area contributed by atoms with E-state index in [1.165, 1.54) is 5.56 Å². The fraction of sp³-hybridized carbons (Fsp3) is 0.417. The van der Waals surface area contributed by atoms with Gasteiger partial charge in [-0.25, -0.2) is 0 Å². The van der Waals surface area contributed by atoms with Gasteiger partial charge in [0.05, 0.1) is 0 Å². The zero-order chi connectivity index (χ0) is 11.5. The van der Waals surface area contributed by atoms with Gasteiger partial charge in [0, 0.05) is 4.47 Å². The van der Waals surface area contributed by atoms with Crippen molar-refractivity contribution in [3.05, 3.63) is 34.3 Å². The average Bonchev–Trinajstić information content (AvgIpc) is 2.70. The lowest BCUT2D eigenvalue weighted by Crippen LogP contribution is -2.29. The van der Waals surface area contributed by atoms with Gasteiger partial charge in [-0.2, -0.15) is 0 Å². The number of benzene rings is 1. The number of carboxylic acid groups (broad SMARTS) is 1. The number of hydrogen-bond acceptors (Lipinski definition) is 2. The Morgan fingerprint density at radius 2 is 2.18 bits per heavy atom. The van der Waals surface area contributed by atoms with E-state index in [4.69, 9.17) is 5.11 Å². The van der Waals surface area contributed by atoms with Crippen molar-refractivity contribution >= 4 is 34.3 Å². The molecule has 5 heteroatoms. The van der Waals surface area contributed by atoms with Crippen LogP contribution in [0, 0.1) is 5.92 Å². The maximum atomic E-state index is 10.8. The lowest BCUT2D eigenvalue weighted by atomic mass is 9.97. The van der Waals surface area contributed by atoms with Crippen LogP contribution in [0.1, 0.15) is 12.0 Å². The minimum Gasteiger partial charge on any atom is -0.480 e. The minimum absolute atomic E-state index is 0. The van der Waals surface area contributed by atoms with Gasteiger partial charge in [0.25, 0.3) is 0 Å². The third-order valence-corrected chi connectivity index (χ3v) is 3.76. The number of halogens is 2. The molecular formula is C12H15BrClNO2. The third-order valence-electron chi connectivity index (χ3n) is 2.99. The average molecular weight is 321 g/mol. The lowest BCUT2D eigenvalue weighted by molar-refractivity contribution is -0.139. The summed E-state index contributed by atoms with van der Waals surface area (Å²) in [4.78, 5) is 10.8. The molecule has 1 fully saturated rings. The molecule has 1 aliphatic rings. The molecule has 3 nitrogen and oxygen atoms in total. The van der Waals surface area contributed by atoms with E-state index >= 15 is 0 Å². The number of carboxylic acids is 1. The molecule has 1 aromatic rings. The van der Waals surface area contributed by atoms with Crippen LogP contribution >= 0.6 is 28.3 Å². The minimum atomic E-state index is -0.741. The van der Waals surface area contributed by atoms with Crippen LogP contribution in [0.2, 0.25) is 0 Å². The van der Waals surface area contributed by atoms with Crippen LogP contribution in [0.3, 0.4) is 0 Å². The molecule has 1 aromatic carbocycles. The van der Waals surface area contributed by atoms with E-state index in [0.29, 0.717) is 5.92 Å². The monoisotopic (exact) mass is 319 g/mol. The van der Waals surface area contributed by atoms with Crippen LogP contribution in [0.4, 0.5) is 0 Å². The van der Waals surface area contributed by atoms with E-state index in [1.807, 2.05) is 18.2 Å². The normalized spacial score (nSPS) is 23.1. The quantitative estimate of drug-likeness (QED) is 0.899. The van der Waals surface area contributed by atoms with Crippen molar-refractivity contribution in [2.45, 2.75) is 18.9 Å². The Balaban J connectivity index is 0.00000144. The van der Waals surface area contributed by atoms with Crippen LogP contribution in [-0.2, 0) is 11.2 Å². The third kappa shape index (κ3) is 3.69. The summed E-state index contributed by atoms with van der Waals surface area (Å²) in [5.41, 5.74) is 1.25. The van der Waals surface area contributed by atoms with Crippen LogP contribution in [0.25, 0.3) is 0 Å². The predicted octanol–water partition coefficient (Wildman–Crippen LogP) is 2.48. The molecule has 0 amide bonds. The first-order chi connectivity index (χ1) is 7.66. The van der Waals surface area contributed by atoms with Gasteiger partial charge in [0.1, 0.15) is 6.04 Å². The molecule has 0 bridgehead atoms. The summed E-state index contributed by atoms with van der Waals surface area (Å²) in [6, 6.07) is 7.73. The number of aliphatic carboxylic acids is 1. The van der Waals surface area contributed by atoms with Crippen molar-refractivity contribution in [3.63, 3.8) is 0 Å². The standard InChI is InChI=1S/C12H14BrNO2.ClH/c13-10-4-2-1-3-9(10)5-8-6-11(12(15)16)14-7-8;/h1-4,8,11,14H,5-7H2,(H,15,16);1H/t8-,11+;/m1./s1. The van der Waals surface area contributed by atoms with Gasteiger partial charge in [-0.1, -0.05) is 34.1 Å². The number of carbonyl (C=O) groups is 1. The molecular weight excluding hydrogens is 305 g/mol. The summed E-state index contributed by atoms with van der Waals surface area (Å²) < 4.78 is 1.11. The first-order valence-electron chi connectivity index (χ1n) is 5.36. The Bertz CT molecular complexity index is 400. The number of hydrogen-bond donors (Lipinski definition) is 2. The highest BCUT2D eigenvalue weighted by Gasteiger charge is 2.29. The van der Waals surface area contributed by atoms with Crippen molar-refractivity contribution in [1.29, 1.82) is 0 Å². The number of nitrogens with one attached hydrogen (secondary N) is 1. The smallest absolute Gasteiger partial charge is 0.320 e. The molecule has 0 saturated carbocycles. The highest BCUT2D eigenvalue weighted by atomic mass is 79.9. The van der Waals surface area contributed by atoms with Crippen LogP contribution < -0.4 is 5.32 Å². The summed E-state index contributed by atoms with van der Waals surface area (Å²) in [6.07, 6.45) is 1.65. The zero-order valence-electron chi connectivity index (χ0n) is 9.23. The SMILES string of the molecule is Cl.O=C(O)[C@@H]1C[C@@H](Cc2ccccc2Br)CN1. The molecule has 1 heterocycles. The predicted molar refractivity (Wildman–Crippen MR) is 72.6 cm³/mol. The molecule has 1 saturated heterocycles. The topological polar surface area (TPSA) is 49.3 Å². The van der Waals surface area contributed by atoms with Crippen molar-refractivity contribution < 1.29 is 9.90 Å². The molecule has 0 aromatic heterocycles. The molecule has 0 radical (unpaired) electrons. The van der Waals surface area contributed by atoms with Crippen molar-refractivity contribution in [2.24, 2.45) is 5.92 Å².